The van der Waals surface area contributed by atoms with Crippen LogP contribution in [0.5, 0.6) is 0 Å². The third-order valence-electron chi connectivity index (χ3n) is 2.16. The number of likely N-dealkylation sites (tertiary alicyclic amines) is 1. The van der Waals surface area contributed by atoms with Crippen molar-refractivity contribution in [2.24, 2.45) is 5.92 Å². The summed E-state index contributed by atoms with van der Waals surface area (Å²) in [6, 6.07) is 0. The number of halogens is 1. The second-order valence-corrected chi connectivity index (χ2v) is 3.00. The molecule has 1 rings (SSSR count). The summed E-state index contributed by atoms with van der Waals surface area (Å²) in [6.45, 7) is 2.93. The van der Waals surface area contributed by atoms with Gasteiger partial charge in [-0.15, -0.1) is 0 Å². The zero-order chi connectivity index (χ0) is 8.27. The number of carbonyl (C=O) groups excluding carboxylic acids is 1. The molecule has 1 unspecified atom stereocenters. The summed E-state index contributed by atoms with van der Waals surface area (Å²) in [5, 5.41) is 0. The fourth-order valence-electron chi connectivity index (χ4n) is 1.41. The topological polar surface area (TPSA) is 20.3 Å². The molecule has 1 fully saturated rings. The maximum Gasteiger partial charge on any atom is 0.222 e. The second-order valence-electron chi connectivity index (χ2n) is 3.00. The lowest BCUT2D eigenvalue weighted by atomic mass is 10.1. The van der Waals surface area contributed by atoms with Crippen molar-refractivity contribution in [1.29, 1.82) is 0 Å². The van der Waals surface area contributed by atoms with Crippen molar-refractivity contribution in [3.8, 4) is 0 Å². The van der Waals surface area contributed by atoms with Crippen LogP contribution in [0.15, 0.2) is 0 Å². The molecule has 0 bridgehead atoms. The minimum atomic E-state index is -0.284. The first kappa shape index (κ1) is 8.50. The molecule has 2 nitrogen and oxygen atoms in total. The van der Waals surface area contributed by atoms with Crippen LogP contribution in [0, 0.1) is 5.92 Å². The first-order valence-corrected chi connectivity index (χ1v) is 4.11. The molecule has 0 aromatic carbocycles. The quantitative estimate of drug-likeness (QED) is 0.593. The van der Waals surface area contributed by atoms with Crippen LogP contribution in [0.1, 0.15) is 19.8 Å². The van der Waals surface area contributed by atoms with Gasteiger partial charge in [-0.25, -0.2) is 0 Å². The van der Waals surface area contributed by atoms with Crippen molar-refractivity contribution < 1.29 is 9.18 Å². The van der Waals surface area contributed by atoms with Gasteiger partial charge in [0, 0.05) is 25.4 Å². The monoisotopic (exact) mass is 159 g/mol. The number of alkyl halides is 1. The number of rotatable bonds is 2. The fourth-order valence-corrected chi connectivity index (χ4v) is 1.41. The summed E-state index contributed by atoms with van der Waals surface area (Å²) in [7, 11) is 0. The molecular weight excluding hydrogens is 145 g/mol. The van der Waals surface area contributed by atoms with Crippen LogP contribution in [-0.2, 0) is 4.79 Å². The Kier molecular flexibility index (Phi) is 2.85. The first-order valence-electron chi connectivity index (χ1n) is 4.11. The van der Waals surface area contributed by atoms with E-state index in [9.17, 15) is 9.18 Å². The van der Waals surface area contributed by atoms with Gasteiger partial charge in [-0.2, -0.15) is 0 Å². The lowest BCUT2D eigenvalue weighted by Gasteiger charge is -2.14. The lowest BCUT2D eigenvalue weighted by Crippen LogP contribution is -2.27. The molecule has 1 aliphatic heterocycles. The van der Waals surface area contributed by atoms with Crippen LogP contribution in [0.4, 0.5) is 4.39 Å². The summed E-state index contributed by atoms with van der Waals surface area (Å²) in [5.41, 5.74) is 0. The van der Waals surface area contributed by atoms with Gasteiger partial charge in [0.15, 0.2) is 0 Å². The summed E-state index contributed by atoms with van der Waals surface area (Å²) in [5.74, 6) is 0.256. The Morgan fingerprint density at radius 1 is 1.73 bits per heavy atom. The first-order chi connectivity index (χ1) is 5.27. The Labute approximate surface area is 66.4 Å². The third-order valence-corrected chi connectivity index (χ3v) is 2.16. The van der Waals surface area contributed by atoms with Crippen LogP contribution in [0.25, 0.3) is 0 Å². The van der Waals surface area contributed by atoms with E-state index >= 15 is 0 Å². The minimum absolute atomic E-state index is 0.102. The predicted octanol–water partition coefficient (Wildman–Crippen LogP) is 1.21. The molecule has 1 saturated heterocycles. The van der Waals surface area contributed by atoms with Gasteiger partial charge in [-0.1, -0.05) is 6.92 Å². The molecule has 0 aromatic heterocycles. The molecule has 11 heavy (non-hydrogen) atoms. The normalized spacial score (nSPS) is 24.2. The van der Waals surface area contributed by atoms with Crippen molar-refractivity contribution in [2.75, 3.05) is 19.8 Å². The Bertz CT molecular complexity index is 149. The molecule has 0 N–H and O–H groups in total. The van der Waals surface area contributed by atoms with Gasteiger partial charge in [-0.3, -0.25) is 9.18 Å². The van der Waals surface area contributed by atoms with Crippen molar-refractivity contribution >= 4 is 5.91 Å². The van der Waals surface area contributed by atoms with Gasteiger partial charge in [0.2, 0.25) is 5.91 Å². The van der Waals surface area contributed by atoms with Crippen molar-refractivity contribution in [2.45, 2.75) is 19.8 Å². The summed E-state index contributed by atoms with van der Waals surface area (Å²) in [4.78, 5) is 12.8. The van der Waals surface area contributed by atoms with E-state index in [-0.39, 0.29) is 18.5 Å². The van der Waals surface area contributed by atoms with Gasteiger partial charge < -0.3 is 4.90 Å². The van der Waals surface area contributed by atoms with E-state index in [0.29, 0.717) is 13.0 Å². The van der Waals surface area contributed by atoms with Crippen molar-refractivity contribution in [3.63, 3.8) is 0 Å². The average Bonchev–Trinajstić information content (AvgIpc) is 2.50. The van der Waals surface area contributed by atoms with Crippen molar-refractivity contribution in [3.05, 3.63) is 0 Å². The lowest BCUT2D eigenvalue weighted by molar-refractivity contribution is -0.129. The van der Waals surface area contributed by atoms with Crippen LogP contribution in [0.3, 0.4) is 0 Å². The average molecular weight is 159 g/mol. The molecule has 0 aromatic rings. The molecule has 1 aliphatic rings. The Balaban J connectivity index is 2.35. The maximum absolute atomic E-state index is 12.1. The molecule has 1 atom stereocenters. The van der Waals surface area contributed by atoms with E-state index in [2.05, 4.69) is 0 Å². The van der Waals surface area contributed by atoms with Crippen LogP contribution in [0.2, 0.25) is 0 Å². The summed E-state index contributed by atoms with van der Waals surface area (Å²) < 4.78 is 12.1. The van der Waals surface area contributed by atoms with E-state index in [4.69, 9.17) is 0 Å². The van der Waals surface area contributed by atoms with E-state index in [1.807, 2.05) is 6.92 Å². The maximum atomic E-state index is 12.1. The number of hydrogen-bond donors (Lipinski definition) is 0. The number of hydrogen-bond acceptors (Lipinski definition) is 1. The highest BCUT2D eigenvalue weighted by atomic mass is 19.1. The highest BCUT2D eigenvalue weighted by Crippen LogP contribution is 2.16. The Morgan fingerprint density at radius 2 is 2.45 bits per heavy atom. The molecule has 64 valence electrons. The minimum Gasteiger partial charge on any atom is -0.342 e. The predicted molar refractivity (Wildman–Crippen MR) is 41.0 cm³/mol. The van der Waals surface area contributed by atoms with E-state index < -0.39 is 0 Å². The largest absolute Gasteiger partial charge is 0.342 e. The van der Waals surface area contributed by atoms with Gasteiger partial charge in [0.1, 0.15) is 0 Å². The molecule has 0 radical (unpaired) electrons. The van der Waals surface area contributed by atoms with Gasteiger partial charge in [0.25, 0.3) is 0 Å². The highest BCUT2D eigenvalue weighted by molar-refractivity contribution is 5.76. The van der Waals surface area contributed by atoms with Crippen LogP contribution in [-0.4, -0.2) is 30.6 Å². The molecule has 0 spiro atoms. The van der Waals surface area contributed by atoms with E-state index in [1.165, 1.54) is 0 Å². The molecule has 0 saturated carbocycles. The summed E-state index contributed by atoms with van der Waals surface area (Å²) in [6.07, 6.45) is 1.38. The number of amides is 1. The molecule has 0 aliphatic carbocycles. The Morgan fingerprint density at radius 3 is 2.91 bits per heavy atom. The van der Waals surface area contributed by atoms with Crippen molar-refractivity contribution in [1.82, 2.24) is 4.90 Å². The Hall–Kier alpha value is -0.600. The van der Waals surface area contributed by atoms with E-state index in [0.717, 1.165) is 13.0 Å². The standard InChI is InChI=1S/C8H14FNO/c1-2-8(11)10-4-3-7(5-9)6-10/h7H,2-6H2,1H3. The van der Waals surface area contributed by atoms with Crippen LogP contribution >= 0.6 is 0 Å². The molecule has 1 heterocycles. The van der Waals surface area contributed by atoms with Gasteiger partial charge in [-0.05, 0) is 6.42 Å². The highest BCUT2D eigenvalue weighted by Gasteiger charge is 2.24. The second kappa shape index (κ2) is 3.69. The third kappa shape index (κ3) is 1.91. The fraction of sp³-hybridized carbons (Fsp3) is 0.875. The molecule has 1 amide bonds. The summed E-state index contributed by atoms with van der Waals surface area (Å²) >= 11 is 0. The zero-order valence-corrected chi connectivity index (χ0v) is 6.85. The van der Waals surface area contributed by atoms with Gasteiger partial charge >= 0.3 is 0 Å². The SMILES string of the molecule is CCC(=O)N1CCC(CF)C1. The molecular formula is C8H14FNO. The number of nitrogens with zero attached hydrogens (tertiary/aromatic N) is 1. The zero-order valence-electron chi connectivity index (χ0n) is 6.85. The number of carbonyl (C=O) groups is 1. The smallest absolute Gasteiger partial charge is 0.222 e. The van der Waals surface area contributed by atoms with Crippen LogP contribution < -0.4 is 0 Å². The molecule has 3 heteroatoms. The van der Waals surface area contributed by atoms with Gasteiger partial charge in [0.05, 0.1) is 6.67 Å². The van der Waals surface area contributed by atoms with E-state index in [1.54, 1.807) is 4.90 Å².